The van der Waals surface area contributed by atoms with Crippen molar-refractivity contribution in [1.82, 2.24) is 9.88 Å². The molecule has 0 radical (unpaired) electrons. The molecular weight excluding hydrogens is 284 g/mol. The van der Waals surface area contributed by atoms with Crippen LogP contribution in [0.25, 0.3) is 0 Å². The van der Waals surface area contributed by atoms with Crippen molar-refractivity contribution in [3.05, 3.63) is 23.9 Å². The third kappa shape index (κ3) is 3.37. The van der Waals surface area contributed by atoms with Gasteiger partial charge in [0.1, 0.15) is 0 Å². The van der Waals surface area contributed by atoms with Gasteiger partial charge in [0.2, 0.25) is 5.88 Å². The van der Waals surface area contributed by atoms with Gasteiger partial charge in [0.15, 0.2) is 0 Å². The van der Waals surface area contributed by atoms with Crippen LogP contribution in [0.1, 0.15) is 44.0 Å². The minimum Gasteiger partial charge on any atom is -0.481 e. The van der Waals surface area contributed by atoms with E-state index < -0.39 is 11.9 Å². The van der Waals surface area contributed by atoms with E-state index in [0.717, 1.165) is 6.42 Å². The lowest BCUT2D eigenvalue weighted by atomic mass is 10.0. The summed E-state index contributed by atoms with van der Waals surface area (Å²) in [5.74, 6) is -1.10. The number of aromatic nitrogens is 1. The van der Waals surface area contributed by atoms with E-state index in [1.807, 2.05) is 13.8 Å². The topological polar surface area (TPSA) is 79.7 Å². The van der Waals surface area contributed by atoms with Crippen LogP contribution in [0.3, 0.4) is 0 Å². The Labute approximate surface area is 130 Å². The molecule has 6 nitrogen and oxygen atoms in total. The molecule has 1 aliphatic rings. The van der Waals surface area contributed by atoms with Crippen molar-refractivity contribution < 1.29 is 19.4 Å². The number of amides is 1. The number of hydrogen-bond donors (Lipinski definition) is 1. The van der Waals surface area contributed by atoms with Crippen LogP contribution in [0.5, 0.6) is 5.88 Å². The Morgan fingerprint density at radius 3 is 2.86 bits per heavy atom. The van der Waals surface area contributed by atoms with E-state index in [1.54, 1.807) is 30.2 Å². The van der Waals surface area contributed by atoms with Crippen LogP contribution in [0.2, 0.25) is 0 Å². The standard InChI is InChI=1S/C16H22N2O4/c1-4-10(2)22-14-9-12(5-7-17-14)15(19)18-8-6-13(11(18)3)16(20)21/h5,7,9-11,13H,4,6,8H2,1-3H3,(H,20,21). The summed E-state index contributed by atoms with van der Waals surface area (Å²) in [6.45, 7) is 6.19. The van der Waals surface area contributed by atoms with Gasteiger partial charge in [-0.05, 0) is 32.8 Å². The van der Waals surface area contributed by atoms with Gasteiger partial charge in [-0.25, -0.2) is 4.98 Å². The third-order valence-corrected chi connectivity index (χ3v) is 4.21. The van der Waals surface area contributed by atoms with Gasteiger partial charge in [-0.1, -0.05) is 6.92 Å². The van der Waals surface area contributed by atoms with Crippen molar-refractivity contribution >= 4 is 11.9 Å². The first-order valence-corrected chi connectivity index (χ1v) is 7.60. The van der Waals surface area contributed by atoms with E-state index >= 15 is 0 Å². The van der Waals surface area contributed by atoms with E-state index in [4.69, 9.17) is 9.84 Å². The molecule has 0 bridgehead atoms. The molecule has 2 heterocycles. The van der Waals surface area contributed by atoms with Gasteiger partial charge >= 0.3 is 5.97 Å². The highest BCUT2D eigenvalue weighted by Gasteiger charge is 2.38. The number of ether oxygens (including phenoxy) is 1. The lowest BCUT2D eigenvalue weighted by Gasteiger charge is -2.23. The predicted octanol–water partition coefficient (Wildman–Crippen LogP) is 2.19. The van der Waals surface area contributed by atoms with E-state index in [9.17, 15) is 9.59 Å². The Morgan fingerprint density at radius 1 is 1.55 bits per heavy atom. The average molecular weight is 306 g/mol. The smallest absolute Gasteiger partial charge is 0.308 e. The second-order valence-electron chi connectivity index (χ2n) is 5.69. The number of pyridine rings is 1. The summed E-state index contributed by atoms with van der Waals surface area (Å²) < 4.78 is 5.63. The van der Waals surface area contributed by atoms with Crippen LogP contribution in [0, 0.1) is 5.92 Å². The molecule has 22 heavy (non-hydrogen) atoms. The number of carbonyl (C=O) groups is 2. The van der Waals surface area contributed by atoms with Gasteiger partial charge in [-0.2, -0.15) is 0 Å². The lowest BCUT2D eigenvalue weighted by Crippen LogP contribution is -2.37. The fraction of sp³-hybridized carbons (Fsp3) is 0.562. The van der Waals surface area contributed by atoms with Gasteiger partial charge in [0.05, 0.1) is 12.0 Å². The number of rotatable bonds is 5. The Hall–Kier alpha value is -2.11. The summed E-state index contributed by atoms with van der Waals surface area (Å²) in [7, 11) is 0. The van der Waals surface area contributed by atoms with Crippen LogP contribution in [-0.2, 0) is 4.79 Å². The summed E-state index contributed by atoms with van der Waals surface area (Å²) in [5.41, 5.74) is 0.478. The molecule has 1 aromatic rings. The number of carbonyl (C=O) groups excluding carboxylic acids is 1. The number of nitrogens with zero attached hydrogens (tertiary/aromatic N) is 2. The minimum absolute atomic E-state index is 0.0277. The molecular formula is C16H22N2O4. The van der Waals surface area contributed by atoms with Crippen LogP contribution in [-0.4, -0.2) is 45.6 Å². The average Bonchev–Trinajstić information content (AvgIpc) is 2.88. The number of aliphatic carboxylic acids is 1. The SMILES string of the molecule is CCC(C)Oc1cc(C(=O)N2CCC(C(=O)O)C2C)ccn1. The first-order chi connectivity index (χ1) is 10.4. The van der Waals surface area contributed by atoms with Crippen molar-refractivity contribution in [1.29, 1.82) is 0 Å². The van der Waals surface area contributed by atoms with Gasteiger partial charge in [0.25, 0.3) is 5.91 Å². The van der Waals surface area contributed by atoms with Crippen LogP contribution >= 0.6 is 0 Å². The normalized spacial score (nSPS) is 22.4. The van der Waals surface area contributed by atoms with Crippen molar-refractivity contribution in [2.24, 2.45) is 5.92 Å². The molecule has 0 aliphatic carbocycles. The van der Waals surface area contributed by atoms with E-state index in [-0.39, 0.29) is 18.1 Å². The largest absolute Gasteiger partial charge is 0.481 e. The molecule has 120 valence electrons. The molecule has 0 saturated carbocycles. The van der Waals surface area contributed by atoms with E-state index in [2.05, 4.69) is 4.98 Å². The number of likely N-dealkylation sites (tertiary alicyclic amines) is 1. The highest BCUT2D eigenvalue weighted by Crippen LogP contribution is 2.26. The molecule has 1 saturated heterocycles. The fourth-order valence-corrected chi connectivity index (χ4v) is 2.62. The van der Waals surface area contributed by atoms with Gasteiger partial charge in [-0.3, -0.25) is 9.59 Å². The first-order valence-electron chi connectivity index (χ1n) is 7.60. The van der Waals surface area contributed by atoms with E-state index in [0.29, 0.717) is 24.4 Å². The van der Waals surface area contributed by atoms with Crippen LogP contribution in [0.4, 0.5) is 0 Å². The molecule has 1 fully saturated rings. The number of hydrogen-bond acceptors (Lipinski definition) is 4. The summed E-state index contributed by atoms with van der Waals surface area (Å²) in [6.07, 6.45) is 2.91. The molecule has 3 atom stereocenters. The van der Waals surface area contributed by atoms with Crippen LogP contribution < -0.4 is 4.74 Å². The summed E-state index contributed by atoms with van der Waals surface area (Å²) in [4.78, 5) is 29.5. The number of carboxylic acid groups (broad SMARTS) is 1. The summed E-state index contributed by atoms with van der Waals surface area (Å²) in [6, 6.07) is 2.94. The maximum absolute atomic E-state index is 12.6. The molecule has 1 N–H and O–H groups in total. The highest BCUT2D eigenvalue weighted by molar-refractivity contribution is 5.95. The highest BCUT2D eigenvalue weighted by atomic mass is 16.5. The van der Waals surface area contributed by atoms with Crippen molar-refractivity contribution in [2.45, 2.75) is 45.8 Å². The first kappa shape index (κ1) is 16.3. The number of carboxylic acids is 1. The predicted molar refractivity (Wildman–Crippen MR) is 80.9 cm³/mol. The van der Waals surface area contributed by atoms with Crippen molar-refractivity contribution in [2.75, 3.05) is 6.54 Å². The van der Waals surface area contributed by atoms with Gasteiger partial charge < -0.3 is 14.7 Å². The summed E-state index contributed by atoms with van der Waals surface area (Å²) >= 11 is 0. The second kappa shape index (κ2) is 6.77. The van der Waals surface area contributed by atoms with E-state index in [1.165, 1.54) is 0 Å². The Balaban J connectivity index is 2.13. The molecule has 1 amide bonds. The molecule has 3 unspecified atom stereocenters. The molecule has 0 aromatic carbocycles. The van der Waals surface area contributed by atoms with Crippen molar-refractivity contribution in [3.63, 3.8) is 0 Å². The van der Waals surface area contributed by atoms with Crippen LogP contribution in [0.15, 0.2) is 18.3 Å². The second-order valence-corrected chi connectivity index (χ2v) is 5.69. The zero-order chi connectivity index (χ0) is 16.3. The third-order valence-electron chi connectivity index (χ3n) is 4.21. The minimum atomic E-state index is -0.849. The molecule has 1 aliphatic heterocycles. The monoisotopic (exact) mass is 306 g/mol. The molecule has 1 aromatic heterocycles. The van der Waals surface area contributed by atoms with Crippen molar-refractivity contribution in [3.8, 4) is 5.88 Å². The zero-order valence-corrected chi connectivity index (χ0v) is 13.2. The molecule has 0 spiro atoms. The zero-order valence-electron chi connectivity index (χ0n) is 13.2. The lowest BCUT2D eigenvalue weighted by molar-refractivity contribution is -0.142. The Morgan fingerprint density at radius 2 is 2.27 bits per heavy atom. The Bertz CT molecular complexity index is 561. The summed E-state index contributed by atoms with van der Waals surface area (Å²) in [5, 5.41) is 9.16. The fourth-order valence-electron chi connectivity index (χ4n) is 2.62. The Kier molecular flexibility index (Phi) is 5.00. The maximum Gasteiger partial charge on any atom is 0.308 e. The maximum atomic E-state index is 12.6. The van der Waals surface area contributed by atoms with Gasteiger partial charge in [-0.15, -0.1) is 0 Å². The molecule has 6 heteroatoms. The van der Waals surface area contributed by atoms with Gasteiger partial charge in [0, 0.05) is 30.4 Å². The quantitative estimate of drug-likeness (QED) is 0.902. The molecule has 2 rings (SSSR count).